The number of epoxide rings is 1. The number of aromatic nitrogens is 3. The molecule has 10 heteroatoms. The summed E-state index contributed by atoms with van der Waals surface area (Å²) in [5, 5.41) is 13.7. The Hall–Kier alpha value is -2.72. The van der Waals surface area contributed by atoms with Crippen LogP contribution >= 0.6 is 0 Å². The van der Waals surface area contributed by atoms with Crippen LogP contribution in [-0.2, 0) is 9.53 Å². The number of pyridine rings is 1. The Labute approximate surface area is 175 Å². The van der Waals surface area contributed by atoms with Crippen LogP contribution in [0.1, 0.15) is 18.4 Å². The smallest absolute Gasteiger partial charge is 0.249 e. The lowest BCUT2D eigenvalue weighted by Gasteiger charge is -2.23. The number of aryl methyl sites for hydroxylation is 1. The Bertz CT molecular complexity index is 996. The third-order valence-corrected chi connectivity index (χ3v) is 6.16. The number of hydrogen-bond donors (Lipinski definition) is 1. The lowest BCUT2D eigenvalue weighted by atomic mass is 9.96. The number of nitrogens with one attached hydrogen (secondary N) is 1. The van der Waals surface area contributed by atoms with E-state index >= 15 is 0 Å². The summed E-state index contributed by atoms with van der Waals surface area (Å²) in [6.45, 7) is 4.10. The first kappa shape index (κ1) is 19.3. The molecule has 5 heterocycles. The van der Waals surface area contributed by atoms with Crippen LogP contribution in [0.3, 0.4) is 0 Å². The van der Waals surface area contributed by atoms with Crippen LogP contribution in [0.5, 0.6) is 0 Å². The van der Waals surface area contributed by atoms with Gasteiger partial charge in [0, 0.05) is 58.4 Å². The SMILES string of the molecule is Cc1cn2nc(N(C)C)nc2cc1NC(=O)C1C(C2OC2N2CCCC2)C=NN1C. The zero-order valence-electron chi connectivity index (χ0n) is 17.8. The Morgan fingerprint density at radius 3 is 2.80 bits per heavy atom. The Morgan fingerprint density at radius 1 is 1.30 bits per heavy atom. The fraction of sp³-hybridized carbons (Fsp3) is 0.600. The summed E-state index contributed by atoms with van der Waals surface area (Å²) in [7, 11) is 5.64. The summed E-state index contributed by atoms with van der Waals surface area (Å²) in [4.78, 5) is 22.0. The first-order chi connectivity index (χ1) is 14.4. The average molecular weight is 412 g/mol. The molecule has 160 valence electrons. The van der Waals surface area contributed by atoms with Gasteiger partial charge >= 0.3 is 0 Å². The van der Waals surface area contributed by atoms with E-state index in [9.17, 15) is 4.79 Å². The van der Waals surface area contributed by atoms with Crippen LogP contribution in [0.4, 0.5) is 11.6 Å². The Balaban J connectivity index is 1.33. The van der Waals surface area contributed by atoms with Crippen molar-refractivity contribution >= 4 is 29.4 Å². The fourth-order valence-electron chi connectivity index (χ4n) is 4.42. The molecular formula is C20H28N8O2. The molecule has 1 amide bonds. The fourth-order valence-corrected chi connectivity index (χ4v) is 4.42. The van der Waals surface area contributed by atoms with Crippen LogP contribution in [0, 0.1) is 12.8 Å². The van der Waals surface area contributed by atoms with E-state index in [0.717, 1.165) is 24.3 Å². The maximum atomic E-state index is 13.2. The van der Waals surface area contributed by atoms with Crippen LogP contribution in [0.15, 0.2) is 17.4 Å². The topological polar surface area (TPSA) is 93.9 Å². The molecule has 0 aliphatic carbocycles. The number of hydrogen-bond acceptors (Lipinski definition) is 8. The largest absolute Gasteiger partial charge is 0.352 e. The van der Waals surface area contributed by atoms with E-state index in [2.05, 4.69) is 25.4 Å². The molecule has 0 spiro atoms. The number of carbonyl (C=O) groups is 1. The highest BCUT2D eigenvalue weighted by Gasteiger charge is 2.54. The number of carbonyl (C=O) groups excluding carboxylic acids is 1. The molecule has 5 rings (SSSR count). The summed E-state index contributed by atoms with van der Waals surface area (Å²) < 4.78 is 7.70. The first-order valence-corrected chi connectivity index (χ1v) is 10.4. The highest BCUT2D eigenvalue weighted by atomic mass is 16.6. The van der Waals surface area contributed by atoms with Crippen LogP contribution < -0.4 is 10.2 Å². The lowest BCUT2D eigenvalue weighted by Crippen LogP contribution is -2.44. The number of likely N-dealkylation sites (N-methyl/N-ethyl adjacent to an activating group) is 1. The minimum Gasteiger partial charge on any atom is -0.352 e. The minimum atomic E-state index is -0.395. The van der Waals surface area contributed by atoms with E-state index < -0.39 is 6.04 Å². The number of nitrogens with zero attached hydrogens (tertiary/aromatic N) is 7. The number of ether oxygens (including phenoxy) is 1. The maximum Gasteiger partial charge on any atom is 0.249 e. The number of hydrazone groups is 1. The van der Waals surface area contributed by atoms with Gasteiger partial charge in [0.1, 0.15) is 18.4 Å². The number of fused-ring (bicyclic) bond motifs is 1. The molecule has 0 radical (unpaired) electrons. The van der Waals surface area contributed by atoms with Crippen LogP contribution in [0.25, 0.3) is 5.65 Å². The maximum absolute atomic E-state index is 13.2. The van der Waals surface area contributed by atoms with Gasteiger partial charge in [-0.05, 0) is 25.3 Å². The Morgan fingerprint density at radius 2 is 2.07 bits per heavy atom. The standard InChI is InChI=1S/C20H28N8O2/c1-12-11-28-15(23-20(24-28)25(2)3)9-14(12)22-18(29)16-13(10-21-26(16)4)17-19(30-17)27-7-5-6-8-27/h9-11,13,16-17,19H,5-8H2,1-4H3,(H,22,29). The highest BCUT2D eigenvalue weighted by molar-refractivity contribution is 5.98. The molecule has 2 aromatic heterocycles. The predicted octanol–water partition coefficient (Wildman–Crippen LogP) is 0.779. The van der Waals surface area contributed by atoms with Gasteiger partial charge in [0.15, 0.2) is 5.65 Å². The Kier molecular flexibility index (Phi) is 4.62. The van der Waals surface area contributed by atoms with Crippen molar-refractivity contribution in [3.63, 3.8) is 0 Å². The molecule has 0 aromatic carbocycles. The average Bonchev–Trinajstić information content (AvgIpc) is 3.06. The van der Waals surface area contributed by atoms with E-state index in [0.29, 0.717) is 11.6 Å². The number of rotatable bonds is 5. The second-order valence-electron chi connectivity index (χ2n) is 8.56. The first-order valence-electron chi connectivity index (χ1n) is 10.4. The lowest BCUT2D eigenvalue weighted by molar-refractivity contribution is -0.121. The molecular weight excluding hydrogens is 384 g/mol. The molecule has 3 aliphatic heterocycles. The molecule has 2 fully saturated rings. The zero-order chi connectivity index (χ0) is 21.0. The van der Waals surface area contributed by atoms with Gasteiger partial charge < -0.3 is 15.0 Å². The second kappa shape index (κ2) is 7.21. The molecule has 2 aromatic rings. The van der Waals surface area contributed by atoms with E-state index in [4.69, 9.17) is 4.74 Å². The van der Waals surface area contributed by atoms with Crippen molar-refractivity contribution in [2.75, 3.05) is 44.4 Å². The second-order valence-corrected chi connectivity index (χ2v) is 8.56. The monoisotopic (exact) mass is 412 g/mol. The summed E-state index contributed by atoms with van der Waals surface area (Å²) in [6.07, 6.45) is 6.32. The number of likely N-dealkylation sites (tertiary alicyclic amines) is 1. The van der Waals surface area contributed by atoms with Crippen LogP contribution in [0.2, 0.25) is 0 Å². The van der Waals surface area contributed by atoms with Gasteiger partial charge in [-0.15, -0.1) is 5.10 Å². The zero-order valence-corrected chi connectivity index (χ0v) is 17.8. The molecule has 3 aliphatic rings. The van der Waals surface area contributed by atoms with Crippen molar-refractivity contribution in [1.82, 2.24) is 24.5 Å². The van der Waals surface area contributed by atoms with Crippen molar-refractivity contribution in [1.29, 1.82) is 0 Å². The molecule has 10 nitrogen and oxygen atoms in total. The normalized spacial score (nSPS) is 28.5. The van der Waals surface area contributed by atoms with E-state index in [-0.39, 0.29) is 24.2 Å². The van der Waals surface area contributed by atoms with Crippen molar-refractivity contribution in [3.05, 3.63) is 17.8 Å². The molecule has 0 saturated carbocycles. The van der Waals surface area contributed by atoms with Gasteiger partial charge in [-0.3, -0.25) is 14.7 Å². The van der Waals surface area contributed by atoms with Gasteiger partial charge in [-0.25, -0.2) is 4.52 Å². The molecule has 1 N–H and O–H groups in total. The molecule has 0 bridgehead atoms. The van der Waals surface area contributed by atoms with Gasteiger partial charge in [0.05, 0.1) is 5.92 Å². The minimum absolute atomic E-state index is 0.0234. The summed E-state index contributed by atoms with van der Waals surface area (Å²) in [5.41, 5.74) is 2.34. The van der Waals surface area contributed by atoms with Crippen molar-refractivity contribution in [2.45, 2.75) is 38.1 Å². The third-order valence-electron chi connectivity index (χ3n) is 6.16. The summed E-state index contributed by atoms with van der Waals surface area (Å²) in [6, 6.07) is 1.46. The predicted molar refractivity (Wildman–Crippen MR) is 114 cm³/mol. The van der Waals surface area contributed by atoms with Crippen molar-refractivity contribution in [2.24, 2.45) is 11.0 Å². The van der Waals surface area contributed by atoms with Gasteiger partial charge in [0.2, 0.25) is 11.9 Å². The summed E-state index contributed by atoms with van der Waals surface area (Å²) in [5.74, 6) is 0.481. The van der Waals surface area contributed by atoms with Crippen molar-refractivity contribution < 1.29 is 9.53 Å². The number of anilines is 2. The summed E-state index contributed by atoms with van der Waals surface area (Å²) >= 11 is 0. The van der Waals surface area contributed by atoms with E-state index in [1.807, 2.05) is 51.4 Å². The van der Waals surface area contributed by atoms with E-state index in [1.165, 1.54) is 12.8 Å². The highest BCUT2D eigenvalue weighted by Crippen LogP contribution is 2.38. The van der Waals surface area contributed by atoms with Crippen LogP contribution in [-0.4, -0.2) is 89.2 Å². The molecule has 30 heavy (non-hydrogen) atoms. The quantitative estimate of drug-likeness (QED) is 0.725. The molecule has 2 saturated heterocycles. The van der Waals surface area contributed by atoms with Gasteiger partial charge in [0.25, 0.3) is 0 Å². The molecule has 4 unspecified atom stereocenters. The number of amides is 1. The van der Waals surface area contributed by atoms with Gasteiger partial charge in [-0.1, -0.05) is 0 Å². The molecule has 4 atom stereocenters. The third kappa shape index (κ3) is 3.29. The van der Waals surface area contributed by atoms with Gasteiger partial charge in [-0.2, -0.15) is 10.1 Å². The van der Waals surface area contributed by atoms with E-state index in [1.54, 1.807) is 9.52 Å². The van der Waals surface area contributed by atoms with Crippen molar-refractivity contribution in [3.8, 4) is 0 Å².